The third kappa shape index (κ3) is 2.42. The van der Waals surface area contributed by atoms with Gasteiger partial charge in [0, 0.05) is 16.8 Å². The molecule has 17 heavy (non-hydrogen) atoms. The van der Waals surface area contributed by atoms with E-state index in [2.05, 4.69) is 9.97 Å². The SMILES string of the molecule is Cc1nc(-c2cccc(Cl)c2)ncc1C(=O)O. The van der Waals surface area contributed by atoms with E-state index in [1.807, 2.05) is 6.07 Å². The van der Waals surface area contributed by atoms with Crippen molar-refractivity contribution in [2.75, 3.05) is 0 Å². The normalized spacial score (nSPS) is 10.2. The Labute approximate surface area is 103 Å². The van der Waals surface area contributed by atoms with Gasteiger partial charge in [-0.2, -0.15) is 0 Å². The smallest absolute Gasteiger partial charge is 0.339 e. The molecular formula is C12H9ClN2O2. The average Bonchev–Trinajstić information content (AvgIpc) is 2.28. The van der Waals surface area contributed by atoms with Gasteiger partial charge in [0.25, 0.3) is 0 Å². The quantitative estimate of drug-likeness (QED) is 0.888. The zero-order valence-electron chi connectivity index (χ0n) is 9.01. The number of aryl methyl sites for hydroxylation is 1. The molecule has 0 amide bonds. The average molecular weight is 249 g/mol. The molecule has 0 aliphatic heterocycles. The van der Waals surface area contributed by atoms with Gasteiger partial charge in [0.1, 0.15) is 0 Å². The van der Waals surface area contributed by atoms with Crippen molar-refractivity contribution in [1.29, 1.82) is 0 Å². The maximum atomic E-state index is 10.8. The van der Waals surface area contributed by atoms with Crippen LogP contribution < -0.4 is 0 Å². The number of nitrogens with zero attached hydrogens (tertiary/aromatic N) is 2. The molecule has 0 radical (unpaired) electrons. The fraction of sp³-hybridized carbons (Fsp3) is 0.0833. The highest BCUT2D eigenvalue weighted by Gasteiger charge is 2.10. The number of aromatic nitrogens is 2. The van der Waals surface area contributed by atoms with Crippen LogP contribution in [0.2, 0.25) is 5.02 Å². The standard InChI is InChI=1S/C12H9ClN2O2/c1-7-10(12(16)17)6-14-11(15-7)8-3-2-4-9(13)5-8/h2-6H,1H3,(H,16,17). The van der Waals surface area contributed by atoms with Crippen molar-refractivity contribution in [3.63, 3.8) is 0 Å². The van der Waals surface area contributed by atoms with Crippen LogP contribution >= 0.6 is 11.6 Å². The van der Waals surface area contributed by atoms with Gasteiger partial charge in [0.15, 0.2) is 5.82 Å². The molecule has 1 heterocycles. The summed E-state index contributed by atoms with van der Waals surface area (Å²) in [5, 5.41) is 9.46. The lowest BCUT2D eigenvalue weighted by atomic mass is 10.2. The largest absolute Gasteiger partial charge is 0.478 e. The summed E-state index contributed by atoms with van der Waals surface area (Å²) in [7, 11) is 0. The molecule has 0 unspecified atom stereocenters. The molecule has 0 saturated heterocycles. The monoisotopic (exact) mass is 248 g/mol. The minimum Gasteiger partial charge on any atom is -0.478 e. The first-order valence-corrected chi connectivity index (χ1v) is 5.28. The summed E-state index contributed by atoms with van der Waals surface area (Å²) in [6.45, 7) is 1.64. The number of benzene rings is 1. The van der Waals surface area contributed by atoms with Crippen LogP contribution in [0.5, 0.6) is 0 Å². The molecule has 0 aliphatic carbocycles. The summed E-state index contributed by atoms with van der Waals surface area (Å²) in [5.74, 6) is -0.560. The second-order valence-corrected chi connectivity index (χ2v) is 3.94. The van der Waals surface area contributed by atoms with Crippen molar-refractivity contribution in [1.82, 2.24) is 9.97 Å². The Balaban J connectivity index is 2.48. The van der Waals surface area contributed by atoms with Gasteiger partial charge in [-0.3, -0.25) is 0 Å². The predicted octanol–water partition coefficient (Wildman–Crippen LogP) is 2.80. The van der Waals surface area contributed by atoms with Crippen molar-refractivity contribution in [3.8, 4) is 11.4 Å². The van der Waals surface area contributed by atoms with Crippen molar-refractivity contribution in [2.45, 2.75) is 6.92 Å². The Kier molecular flexibility index (Phi) is 3.06. The first-order chi connectivity index (χ1) is 8.08. The number of hydrogen-bond donors (Lipinski definition) is 1. The summed E-state index contributed by atoms with van der Waals surface area (Å²) in [5.41, 5.74) is 1.30. The third-order valence-corrected chi connectivity index (χ3v) is 2.53. The minimum absolute atomic E-state index is 0.107. The molecule has 86 valence electrons. The van der Waals surface area contributed by atoms with Crippen molar-refractivity contribution in [3.05, 3.63) is 46.7 Å². The van der Waals surface area contributed by atoms with Gasteiger partial charge in [-0.25, -0.2) is 14.8 Å². The van der Waals surface area contributed by atoms with Crippen LogP contribution in [0.3, 0.4) is 0 Å². The van der Waals surface area contributed by atoms with E-state index >= 15 is 0 Å². The van der Waals surface area contributed by atoms with Gasteiger partial charge >= 0.3 is 5.97 Å². The van der Waals surface area contributed by atoms with E-state index in [9.17, 15) is 4.79 Å². The second-order valence-electron chi connectivity index (χ2n) is 3.51. The van der Waals surface area contributed by atoms with Crippen molar-refractivity contribution < 1.29 is 9.90 Å². The number of halogens is 1. The topological polar surface area (TPSA) is 63.1 Å². The van der Waals surface area contributed by atoms with Crippen LogP contribution in [-0.2, 0) is 0 Å². The van der Waals surface area contributed by atoms with E-state index in [0.717, 1.165) is 5.56 Å². The van der Waals surface area contributed by atoms with Gasteiger partial charge in [0.2, 0.25) is 0 Å². The fourth-order valence-corrected chi connectivity index (χ4v) is 1.63. The fourth-order valence-electron chi connectivity index (χ4n) is 1.44. The molecule has 0 bridgehead atoms. The first-order valence-electron chi connectivity index (χ1n) is 4.91. The zero-order valence-corrected chi connectivity index (χ0v) is 9.77. The van der Waals surface area contributed by atoms with Gasteiger partial charge in [0.05, 0.1) is 11.3 Å². The number of carboxylic acids is 1. The molecule has 0 spiro atoms. The van der Waals surface area contributed by atoms with Crippen molar-refractivity contribution in [2.24, 2.45) is 0 Å². The van der Waals surface area contributed by atoms with Gasteiger partial charge in [-0.1, -0.05) is 23.7 Å². The Hall–Kier alpha value is -1.94. The molecule has 0 saturated carbocycles. The van der Waals surface area contributed by atoms with Gasteiger partial charge in [-0.05, 0) is 19.1 Å². The molecule has 4 nitrogen and oxygen atoms in total. The number of carbonyl (C=O) groups is 1. The molecule has 0 aliphatic rings. The highest BCUT2D eigenvalue weighted by atomic mass is 35.5. The van der Waals surface area contributed by atoms with Gasteiger partial charge in [-0.15, -0.1) is 0 Å². The summed E-state index contributed by atoms with van der Waals surface area (Å²) in [6, 6.07) is 7.10. The lowest BCUT2D eigenvalue weighted by Crippen LogP contribution is -2.04. The van der Waals surface area contributed by atoms with E-state index in [1.54, 1.807) is 25.1 Å². The Morgan fingerprint density at radius 3 is 2.76 bits per heavy atom. The molecule has 2 rings (SSSR count). The first kappa shape index (κ1) is 11.5. The van der Waals surface area contributed by atoms with E-state index in [4.69, 9.17) is 16.7 Å². The van der Waals surface area contributed by atoms with E-state index < -0.39 is 5.97 Å². The summed E-state index contributed by atoms with van der Waals surface area (Å²) >= 11 is 5.87. The second kappa shape index (κ2) is 4.51. The van der Waals surface area contributed by atoms with E-state index in [1.165, 1.54) is 6.20 Å². The summed E-state index contributed by atoms with van der Waals surface area (Å²) < 4.78 is 0. The predicted molar refractivity (Wildman–Crippen MR) is 64.2 cm³/mol. The lowest BCUT2D eigenvalue weighted by molar-refractivity contribution is 0.0695. The van der Waals surface area contributed by atoms with E-state index in [-0.39, 0.29) is 5.56 Å². The molecule has 0 fully saturated rings. The molecule has 2 aromatic rings. The Morgan fingerprint density at radius 2 is 2.18 bits per heavy atom. The highest BCUT2D eigenvalue weighted by Crippen LogP contribution is 2.20. The Morgan fingerprint density at radius 1 is 1.41 bits per heavy atom. The molecule has 1 aromatic heterocycles. The Bertz CT molecular complexity index is 584. The highest BCUT2D eigenvalue weighted by molar-refractivity contribution is 6.30. The van der Waals surface area contributed by atoms with Crippen LogP contribution in [0.1, 0.15) is 16.1 Å². The number of rotatable bonds is 2. The van der Waals surface area contributed by atoms with Crippen LogP contribution in [0.15, 0.2) is 30.5 Å². The van der Waals surface area contributed by atoms with Crippen molar-refractivity contribution >= 4 is 17.6 Å². The minimum atomic E-state index is -1.03. The zero-order chi connectivity index (χ0) is 12.4. The van der Waals surface area contributed by atoms with Crippen LogP contribution in [0, 0.1) is 6.92 Å². The molecule has 0 atom stereocenters. The molecule has 5 heteroatoms. The summed E-state index contributed by atoms with van der Waals surface area (Å²) in [6.07, 6.45) is 1.31. The third-order valence-electron chi connectivity index (χ3n) is 2.29. The maximum absolute atomic E-state index is 10.8. The molecule has 1 aromatic carbocycles. The van der Waals surface area contributed by atoms with Gasteiger partial charge < -0.3 is 5.11 Å². The molecular weight excluding hydrogens is 240 g/mol. The van der Waals surface area contributed by atoms with Crippen LogP contribution in [0.25, 0.3) is 11.4 Å². The van der Waals surface area contributed by atoms with Crippen LogP contribution in [-0.4, -0.2) is 21.0 Å². The van der Waals surface area contributed by atoms with Crippen LogP contribution in [0.4, 0.5) is 0 Å². The summed E-state index contributed by atoms with van der Waals surface area (Å²) in [4.78, 5) is 19.0. The number of carboxylic acid groups (broad SMARTS) is 1. The molecule has 1 N–H and O–H groups in total. The number of aromatic carboxylic acids is 1. The number of hydrogen-bond acceptors (Lipinski definition) is 3. The maximum Gasteiger partial charge on any atom is 0.339 e. The lowest BCUT2D eigenvalue weighted by Gasteiger charge is -2.04. The van der Waals surface area contributed by atoms with E-state index in [0.29, 0.717) is 16.5 Å².